The average Bonchev–Trinajstić information content (AvgIpc) is 3.14. The first-order valence-corrected chi connectivity index (χ1v) is 12.6. The Labute approximate surface area is 203 Å². The lowest BCUT2D eigenvalue weighted by molar-refractivity contribution is -0.125. The van der Waals surface area contributed by atoms with Crippen LogP contribution in [0.3, 0.4) is 0 Å². The summed E-state index contributed by atoms with van der Waals surface area (Å²) >= 11 is 0. The summed E-state index contributed by atoms with van der Waals surface area (Å²) in [5, 5.41) is 0. The van der Waals surface area contributed by atoms with Crippen molar-refractivity contribution in [2.75, 3.05) is 6.61 Å². The fourth-order valence-electron chi connectivity index (χ4n) is 5.48. The maximum absolute atomic E-state index is 13.1. The number of allylic oxidation sites excluding steroid dienone is 1. The monoisotopic (exact) mass is 460 g/mol. The Kier molecular flexibility index (Phi) is 6.97. The molecule has 2 bridgehead atoms. The summed E-state index contributed by atoms with van der Waals surface area (Å²) in [7, 11) is 0. The van der Waals surface area contributed by atoms with E-state index in [1.54, 1.807) is 36.4 Å². The molecule has 4 heteroatoms. The fraction of sp³-hybridized carbons (Fsp3) is 0.467. The number of carbonyl (C=O) groups excluding carboxylic acids is 2. The molecule has 0 spiro atoms. The van der Waals surface area contributed by atoms with Crippen LogP contribution in [0, 0.1) is 16.7 Å². The molecule has 2 aromatic carbocycles. The minimum atomic E-state index is -0.404. The molecule has 34 heavy (non-hydrogen) atoms. The summed E-state index contributed by atoms with van der Waals surface area (Å²) in [5.41, 5.74) is 2.12. The lowest BCUT2D eigenvalue weighted by Crippen LogP contribution is -2.32. The number of esters is 1. The third-order valence-electron chi connectivity index (χ3n) is 8.13. The summed E-state index contributed by atoms with van der Waals surface area (Å²) in [6.45, 7) is 9.43. The minimum absolute atomic E-state index is 0.00102. The van der Waals surface area contributed by atoms with E-state index in [9.17, 15) is 9.59 Å². The maximum Gasteiger partial charge on any atom is 0.343 e. The molecule has 2 aromatic rings. The molecule has 0 heterocycles. The van der Waals surface area contributed by atoms with E-state index in [1.807, 2.05) is 18.2 Å². The zero-order valence-electron chi connectivity index (χ0n) is 20.9. The standard InChI is InChI=1S/C30H36O4/c1-5-6-7-8-19-33-23-15-11-22(12-16-23)28(32)34-24-13-9-21(10-14-24)20-25-26-17-18-30(4,27(25)31)29(26,2)3/h9-16,20,26H,5-8,17-19H2,1-4H3/b25-20+. The van der Waals surface area contributed by atoms with Gasteiger partial charge in [0.2, 0.25) is 0 Å². The Morgan fingerprint density at radius 1 is 0.971 bits per heavy atom. The van der Waals surface area contributed by atoms with E-state index in [4.69, 9.17) is 9.47 Å². The van der Waals surface area contributed by atoms with E-state index in [0.29, 0.717) is 23.8 Å². The van der Waals surface area contributed by atoms with Crippen LogP contribution in [-0.2, 0) is 4.79 Å². The summed E-state index contributed by atoms with van der Waals surface area (Å²) in [6.07, 6.45) is 8.70. The van der Waals surface area contributed by atoms with Gasteiger partial charge in [-0.05, 0) is 84.2 Å². The Hall–Kier alpha value is -2.88. The van der Waals surface area contributed by atoms with Gasteiger partial charge in [0, 0.05) is 5.41 Å². The van der Waals surface area contributed by atoms with E-state index in [-0.39, 0.29) is 16.6 Å². The second-order valence-electron chi connectivity index (χ2n) is 10.5. The summed E-state index contributed by atoms with van der Waals surface area (Å²) in [4.78, 5) is 25.6. The zero-order valence-corrected chi connectivity index (χ0v) is 20.9. The molecule has 2 atom stereocenters. The van der Waals surface area contributed by atoms with Crippen LogP contribution < -0.4 is 9.47 Å². The van der Waals surface area contributed by atoms with Gasteiger partial charge in [-0.15, -0.1) is 0 Å². The van der Waals surface area contributed by atoms with Crippen molar-refractivity contribution in [1.82, 2.24) is 0 Å². The first kappa shape index (κ1) is 24.3. The van der Waals surface area contributed by atoms with Crippen LogP contribution in [0.5, 0.6) is 11.5 Å². The van der Waals surface area contributed by atoms with Crippen molar-refractivity contribution in [1.29, 1.82) is 0 Å². The first-order valence-electron chi connectivity index (χ1n) is 12.6. The van der Waals surface area contributed by atoms with Gasteiger partial charge in [0.05, 0.1) is 12.2 Å². The molecule has 2 aliphatic carbocycles. The molecule has 180 valence electrons. The largest absolute Gasteiger partial charge is 0.494 e. The van der Waals surface area contributed by atoms with E-state index in [0.717, 1.165) is 36.1 Å². The Morgan fingerprint density at radius 3 is 2.26 bits per heavy atom. The average molecular weight is 461 g/mol. The van der Waals surface area contributed by atoms with Gasteiger partial charge in [-0.2, -0.15) is 0 Å². The van der Waals surface area contributed by atoms with Crippen molar-refractivity contribution in [3.63, 3.8) is 0 Å². The predicted octanol–water partition coefficient (Wildman–Crippen LogP) is 7.27. The topological polar surface area (TPSA) is 52.6 Å². The van der Waals surface area contributed by atoms with E-state index in [2.05, 4.69) is 27.7 Å². The molecule has 2 unspecified atom stereocenters. The molecular formula is C30H36O4. The minimum Gasteiger partial charge on any atom is -0.494 e. The molecule has 0 N–H and O–H groups in total. The number of rotatable bonds is 9. The number of hydrogen-bond donors (Lipinski definition) is 0. The third kappa shape index (κ3) is 4.55. The molecule has 4 nitrogen and oxygen atoms in total. The molecule has 2 aliphatic rings. The molecular weight excluding hydrogens is 424 g/mol. The Balaban J connectivity index is 1.35. The van der Waals surface area contributed by atoms with Crippen molar-refractivity contribution in [2.24, 2.45) is 16.7 Å². The van der Waals surface area contributed by atoms with Gasteiger partial charge >= 0.3 is 5.97 Å². The van der Waals surface area contributed by atoms with Gasteiger partial charge in [-0.25, -0.2) is 4.79 Å². The predicted molar refractivity (Wildman–Crippen MR) is 135 cm³/mol. The lowest BCUT2D eigenvalue weighted by Gasteiger charge is -2.31. The quantitative estimate of drug-likeness (QED) is 0.171. The Bertz CT molecular complexity index is 1060. The van der Waals surface area contributed by atoms with Crippen molar-refractivity contribution < 1.29 is 19.1 Å². The van der Waals surface area contributed by atoms with Gasteiger partial charge in [-0.1, -0.05) is 59.1 Å². The van der Waals surface area contributed by atoms with Crippen molar-refractivity contribution >= 4 is 17.8 Å². The summed E-state index contributed by atoms with van der Waals surface area (Å²) in [5.74, 6) is 1.44. The molecule has 0 radical (unpaired) electrons. The van der Waals surface area contributed by atoms with E-state index in [1.165, 1.54) is 19.3 Å². The highest BCUT2D eigenvalue weighted by Gasteiger charge is 2.63. The van der Waals surface area contributed by atoms with Crippen LogP contribution in [0.1, 0.15) is 82.1 Å². The molecule has 0 aliphatic heterocycles. The van der Waals surface area contributed by atoms with Gasteiger partial charge in [0.15, 0.2) is 5.78 Å². The zero-order chi connectivity index (χ0) is 24.3. The molecule has 2 fully saturated rings. The fourth-order valence-corrected chi connectivity index (χ4v) is 5.48. The number of carbonyl (C=O) groups is 2. The number of ether oxygens (including phenoxy) is 2. The van der Waals surface area contributed by atoms with Gasteiger partial charge in [-0.3, -0.25) is 4.79 Å². The molecule has 0 amide bonds. The van der Waals surface area contributed by atoms with Crippen LogP contribution in [-0.4, -0.2) is 18.4 Å². The van der Waals surface area contributed by atoms with E-state index >= 15 is 0 Å². The number of fused-ring (bicyclic) bond motifs is 2. The van der Waals surface area contributed by atoms with Gasteiger partial charge in [0.25, 0.3) is 0 Å². The van der Waals surface area contributed by atoms with Gasteiger partial charge < -0.3 is 9.47 Å². The van der Waals surface area contributed by atoms with Crippen LogP contribution in [0.4, 0.5) is 0 Å². The van der Waals surface area contributed by atoms with Crippen LogP contribution in [0.25, 0.3) is 6.08 Å². The van der Waals surface area contributed by atoms with Crippen LogP contribution in [0.2, 0.25) is 0 Å². The second kappa shape index (κ2) is 9.77. The molecule has 2 saturated carbocycles. The van der Waals surface area contributed by atoms with Crippen molar-refractivity contribution in [3.05, 3.63) is 65.2 Å². The number of hydrogen-bond acceptors (Lipinski definition) is 4. The second-order valence-corrected chi connectivity index (χ2v) is 10.5. The number of unbranched alkanes of at least 4 members (excludes halogenated alkanes) is 3. The first-order chi connectivity index (χ1) is 16.3. The smallest absolute Gasteiger partial charge is 0.343 e. The number of ketones is 1. The van der Waals surface area contributed by atoms with Crippen LogP contribution in [0.15, 0.2) is 54.1 Å². The third-order valence-corrected chi connectivity index (χ3v) is 8.13. The molecule has 0 saturated heterocycles. The van der Waals surface area contributed by atoms with Crippen LogP contribution >= 0.6 is 0 Å². The molecule has 4 rings (SSSR count). The highest BCUT2D eigenvalue weighted by Crippen LogP contribution is 2.65. The lowest BCUT2D eigenvalue weighted by atomic mass is 9.70. The Morgan fingerprint density at radius 2 is 1.65 bits per heavy atom. The normalized spacial score (nSPS) is 23.9. The highest BCUT2D eigenvalue weighted by atomic mass is 16.5. The maximum atomic E-state index is 13.1. The van der Waals surface area contributed by atoms with Gasteiger partial charge in [0.1, 0.15) is 11.5 Å². The number of Topliss-reactive ketones (excluding diaryl/α,β-unsaturated/α-hetero) is 1. The molecule has 0 aromatic heterocycles. The summed E-state index contributed by atoms with van der Waals surface area (Å²) < 4.78 is 11.3. The van der Waals surface area contributed by atoms with Crippen molar-refractivity contribution in [2.45, 2.75) is 66.2 Å². The highest BCUT2D eigenvalue weighted by molar-refractivity contribution is 6.08. The van der Waals surface area contributed by atoms with Crippen molar-refractivity contribution in [3.8, 4) is 11.5 Å². The number of benzene rings is 2. The SMILES string of the molecule is CCCCCCOc1ccc(C(=O)Oc2ccc(/C=C3/C(=O)C4(C)CCC3C4(C)C)cc2)cc1. The summed E-state index contributed by atoms with van der Waals surface area (Å²) in [6, 6.07) is 14.4. The van der Waals surface area contributed by atoms with E-state index < -0.39 is 5.97 Å².